The van der Waals surface area contributed by atoms with Crippen LogP contribution in [0.2, 0.25) is 0 Å². The van der Waals surface area contributed by atoms with Gasteiger partial charge in [0, 0.05) is 18.6 Å². The molecular weight excluding hydrogens is 178 g/mol. The van der Waals surface area contributed by atoms with Gasteiger partial charge in [-0.05, 0) is 34.1 Å². The fraction of sp³-hybridized carbons (Fsp3) is 1.00. The molecule has 0 radical (unpaired) electrons. The summed E-state index contributed by atoms with van der Waals surface area (Å²) in [5.74, 6) is 0. The molecule has 0 amide bonds. The van der Waals surface area contributed by atoms with Crippen LogP contribution < -0.4 is 0 Å². The van der Waals surface area contributed by atoms with E-state index >= 15 is 0 Å². The van der Waals surface area contributed by atoms with Crippen LogP contribution in [0.5, 0.6) is 0 Å². The summed E-state index contributed by atoms with van der Waals surface area (Å²) < 4.78 is 0. The van der Waals surface area contributed by atoms with Crippen LogP contribution in [0.4, 0.5) is 0 Å². The highest BCUT2D eigenvalue weighted by molar-refractivity contribution is 4.82. The van der Waals surface area contributed by atoms with Gasteiger partial charge in [0.2, 0.25) is 0 Å². The number of nitrogens with zero attached hydrogens (tertiary/aromatic N) is 1. The zero-order valence-corrected chi connectivity index (χ0v) is 10.1. The summed E-state index contributed by atoms with van der Waals surface area (Å²) in [6.45, 7) is 11.2. The van der Waals surface area contributed by atoms with Crippen molar-refractivity contribution in [2.24, 2.45) is 0 Å². The Bertz CT molecular complexity index is 145. The van der Waals surface area contributed by atoms with E-state index in [1.165, 1.54) is 0 Å². The molecule has 2 atom stereocenters. The van der Waals surface area contributed by atoms with E-state index in [1.807, 2.05) is 0 Å². The minimum Gasteiger partial charge on any atom is -0.392 e. The zero-order chi connectivity index (χ0) is 11.4. The van der Waals surface area contributed by atoms with Gasteiger partial charge in [0.1, 0.15) is 0 Å². The van der Waals surface area contributed by atoms with E-state index < -0.39 is 0 Å². The molecule has 0 rings (SSSR count). The largest absolute Gasteiger partial charge is 0.392 e. The lowest BCUT2D eigenvalue weighted by molar-refractivity contribution is 0.0217. The zero-order valence-electron chi connectivity index (χ0n) is 10.1. The maximum Gasteiger partial charge on any atom is 0.0639 e. The van der Waals surface area contributed by atoms with E-state index in [0.29, 0.717) is 13.1 Å². The first-order valence-electron chi connectivity index (χ1n) is 5.40. The molecule has 3 nitrogen and oxygen atoms in total. The van der Waals surface area contributed by atoms with Crippen LogP contribution in [0.3, 0.4) is 0 Å². The van der Waals surface area contributed by atoms with Gasteiger partial charge in [-0.1, -0.05) is 6.92 Å². The molecule has 0 aliphatic rings. The molecule has 0 aromatic carbocycles. The maximum absolute atomic E-state index is 9.37. The highest BCUT2D eigenvalue weighted by Gasteiger charge is 2.26. The molecule has 0 fully saturated rings. The standard InChI is InChI=1S/C11H25NO2/c1-6-11(4,5)12(7-9(2)13)8-10(3)14/h9-10,13-14H,6-8H2,1-5H3. The van der Waals surface area contributed by atoms with Crippen LogP contribution in [-0.4, -0.2) is 45.9 Å². The van der Waals surface area contributed by atoms with Crippen LogP contribution in [0.15, 0.2) is 0 Å². The van der Waals surface area contributed by atoms with E-state index in [0.717, 1.165) is 6.42 Å². The average Bonchev–Trinajstić information content (AvgIpc) is 2.01. The molecule has 0 bridgehead atoms. The van der Waals surface area contributed by atoms with Crippen LogP contribution in [0.1, 0.15) is 41.0 Å². The summed E-state index contributed by atoms with van der Waals surface area (Å²) in [4.78, 5) is 2.14. The van der Waals surface area contributed by atoms with E-state index in [1.54, 1.807) is 13.8 Å². The molecule has 0 saturated heterocycles. The topological polar surface area (TPSA) is 43.7 Å². The van der Waals surface area contributed by atoms with E-state index in [2.05, 4.69) is 25.7 Å². The lowest BCUT2D eigenvalue weighted by atomic mass is 9.98. The molecule has 0 saturated carbocycles. The quantitative estimate of drug-likeness (QED) is 0.682. The summed E-state index contributed by atoms with van der Waals surface area (Å²) in [5.41, 5.74) is 0.0357. The molecule has 0 aliphatic heterocycles. The van der Waals surface area contributed by atoms with Gasteiger partial charge in [-0.25, -0.2) is 0 Å². The van der Waals surface area contributed by atoms with Crippen molar-refractivity contribution < 1.29 is 10.2 Å². The normalized spacial score (nSPS) is 17.1. The molecule has 3 heteroatoms. The van der Waals surface area contributed by atoms with Crippen LogP contribution in [-0.2, 0) is 0 Å². The average molecular weight is 203 g/mol. The van der Waals surface area contributed by atoms with Crippen molar-refractivity contribution in [1.29, 1.82) is 0 Å². The Morgan fingerprint density at radius 1 is 1.07 bits per heavy atom. The van der Waals surface area contributed by atoms with Gasteiger partial charge in [-0.3, -0.25) is 4.90 Å². The van der Waals surface area contributed by atoms with Crippen LogP contribution >= 0.6 is 0 Å². The highest BCUT2D eigenvalue weighted by atomic mass is 16.3. The molecule has 0 aromatic heterocycles. The molecule has 86 valence electrons. The predicted octanol–water partition coefficient (Wildman–Crippen LogP) is 1.24. The smallest absolute Gasteiger partial charge is 0.0639 e. The second-order valence-corrected chi connectivity index (χ2v) is 4.77. The van der Waals surface area contributed by atoms with Gasteiger partial charge in [0.15, 0.2) is 0 Å². The van der Waals surface area contributed by atoms with Gasteiger partial charge in [-0.2, -0.15) is 0 Å². The fourth-order valence-corrected chi connectivity index (χ4v) is 1.43. The van der Waals surface area contributed by atoms with Crippen LogP contribution in [0, 0.1) is 0 Å². The predicted molar refractivity (Wildman–Crippen MR) is 59.3 cm³/mol. The van der Waals surface area contributed by atoms with Crippen molar-refractivity contribution in [3.8, 4) is 0 Å². The lowest BCUT2D eigenvalue weighted by Gasteiger charge is -2.39. The highest BCUT2D eigenvalue weighted by Crippen LogP contribution is 2.19. The Kier molecular flexibility index (Phi) is 5.64. The summed E-state index contributed by atoms with van der Waals surface area (Å²) in [5, 5.41) is 18.7. The SMILES string of the molecule is CCC(C)(C)N(CC(C)O)CC(C)O. The maximum atomic E-state index is 9.37. The van der Waals surface area contributed by atoms with Gasteiger partial charge < -0.3 is 10.2 Å². The molecule has 0 spiro atoms. The first kappa shape index (κ1) is 13.9. The molecular formula is C11H25NO2. The van der Waals surface area contributed by atoms with Crippen molar-refractivity contribution in [2.45, 2.75) is 58.8 Å². The molecule has 0 aliphatic carbocycles. The third kappa shape index (κ3) is 4.94. The van der Waals surface area contributed by atoms with Crippen LogP contribution in [0.25, 0.3) is 0 Å². The monoisotopic (exact) mass is 203 g/mol. The van der Waals surface area contributed by atoms with E-state index in [-0.39, 0.29) is 17.7 Å². The van der Waals surface area contributed by atoms with Crippen molar-refractivity contribution in [1.82, 2.24) is 4.90 Å². The van der Waals surface area contributed by atoms with Crippen molar-refractivity contribution in [2.75, 3.05) is 13.1 Å². The second kappa shape index (κ2) is 5.69. The number of hydrogen-bond acceptors (Lipinski definition) is 3. The van der Waals surface area contributed by atoms with E-state index in [9.17, 15) is 10.2 Å². The van der Waals surface area contributed by atoms with Gasteiger partial charge in [0.25, 0.3) is 0 Å². The van der Waals surface area contributed by atoms with Gasteiger partial charge >= 0.3 is 0 Å². The fourth-order valence-electron chi connectivity index (χ4n) is 1.43. The Balaban J connectivity index is 4.38. The second-order valence-electron chi connectivity index (χ2n) is 4.77. The number of rotatable bonds is 6. The molecule has 2 N–H and O–H groups in total. The molecule has 14 heavy (non-hydrogen) atoms. The van der Waals surface area contributed by atoms with Crippen molar-refractivity contribution in [3.05, 3.63) is 0 Å². The Morgan fingerprint density at radius 2 is 1.43 bits per heavy atom. The first-order valence-corrected chi connectivity index (χ1v) is 5.40. The van der Waals surface area contributed by atoms with E-state index in [4.69, 9.17) is 0 Å². The number of aliphatic hydroxyl groups is 2. The summed E-state index contributed by atoms with van der Waals surface area (Å²) in [6.07, 6.45) is 0.311. The number of hydrogen-bond donors (Lipinski definition) is 2. The minimum absolute atomic E-state index is 0.0357. The Morgan fingerprint density at radius 3 is 1.64 bits per heavy atom. The third-order valence-corrected chi connectivity index (χ3v) is 2.69. The number of aliphatic hydroxyl groups excluding tert-OH is 2. The summed E-state index contributed by atoms with van der Waals surface area (Å²) >= 11 is 0. The van der Waals surface area contributed by atoms with Crippen molar-refractivity contribution >= 4 is 0 Å². The third-order valence-electron chi connectivity index (χ3n) is 2.69. The minimum atomic E-state index is -0.348. The first-order chi connectivity index (χ1) is 6.29. The summed E-state index contributed by atoms with van der Waals surface area (Å²) in [7, 11) is 0. The van der Waals surface area contributed by atoms with Gasteiger partial charge in [-0.15, -0.1) is 0 Å². The Hall–Kier alpha value is -0.120. The lowest BCUT2D eigenvalue weighted by Crippen LogP contribution is -2.49. The number of β-amino-alcohol motifs (C(OH)–C–C–N with tert-alkyl or cyclic N) is 2. The Labute approximate surface area is 87.7 Å². The molecule has 0 heterocycles. The summed E-state index contributed by atoms with van der Waals surface area (Å²) in [6, 6.07) is 0. The van der Waals surface area contributed by atoms with Gasteiger partial charge in [0.05, 0.1) is 12.2 Å². The molecule has 0 aromatic rings. The molecule has 2 unspecified atom stereocenters. The van der Waals surface area contributed by atoms with Crippen molar-refractivity contribution in [3.63, 3.8) is 0 Å².